The van der Waals surface area contributed by atoms with Crippen molar-refractivity contribution in [3.8, 4) is 0 Å². The second kappa shape index (κ2) is 9.81. The minimum atomic E-state index is -3.60. The molecule has 4 rings (SSSR count). The highest BCUT2D eigenvalue weighted by Gasteiger charge is 2.30. The van der Waals surface area contributed by atoms with Crippen molar-refractivity contribution in [2.45, 2.75) is 50.6 Å². The summed E-state index contributed by atoms with van der Waals surface area (Å²) in [5.41, 5.74) is 1.60. The Morgan fingerprint density at radius 3 is 2.47 bits per heavy atom. The number of methoxy groups -OCH3 is 1. The van der Waals surface area contributed by atoms with Gasteiger partial charge in [0.25, 0.3) is 5.91 Å². The van der Waals surface area contributed by atoms with Gasteiger partial charge >= 0.3 is 5.97 Å². The lowest BCUT2D eigenvalue weighted by Crippen LogP contribution is -2.41. The van der Waals surface area contributed by atoms with Crippen LogP contribution in [-0.2, 0) is 21.3 Å². The van der Waals surface area contributed by atoms with Gasteiger partial charge in [0.1, 0.15) is 0 Å². The van der Waals surface area contributed by atoms with Gasteiger partial charge in [0, 0.05) is 24.7 Å². The fraction of sp³-hybridized carbons (Fsp3) is 0.375. The third kappa shape index (κ3) is 4.57. The molecule has 3 aromatic rings. The van der Waals surface area contributed by atoms with Crippen LogP contribution in [-0.4, -0.2) is 48.9 Å². The summed E-state index contributed by atoms with van der Waals surface area (Å²) in [4.78, 5) is 29.7. The zero-order valence-electron chi connectivity index (χ0n) is 19.4. The van der Waals surface area contributed by atoms with Crippen molar-refractivity contribution in [3.63, 3.8) is 0 Å². The van der Waals surface area contributed by atoms with E-state index in [0.29, 0.717) is 29.0 Å². The average Bonchev–Trinajstić information content (AvgIpc) is 3.19. The van der Waals surface area contributed by atoms with Crippen molar-refractivity contribution in [1.29, 1.82) is 0 Å². The molecule has 1 aliphatic heterocycles. The van der Waals surface area contributed by atoms with E-state index in [1.165, 1.54) is 42.7 Å². The lowest BCUT2D eigenvalue weighted by atomic mass is 10.1. The van der Waals surface area contributed by atoms with Crippen LogP contribution in [0.25, 0.3) is 10.2 Å². The number of aromatic nitrogens is 1. The van der Waals surface area contributed by atoms with E-state index < -0.39 is 21.9 Å². The van der Waals surface area contributed by atoms with E-state index in [-0.39, 0.29) is 10.9 Å². The Labute approximate surface area is 202 Å². The van der Waals surface area contributed by atoms with Crippen LogP contribution in [0.15, 0.2) is 52.4 Å². The van der Waals surface area contributed by atoms with E-state index in [0.717, 1.165) is 29.5 Å². The highest BCUT2D eigenvalue weighted by Crippen LogP contribution is 2.25. The fourth-order valence-electron chi connectivity index (χ4n) is 4.19. The van der Waals surface area contributed by atoms with Crippen LogP contribution in [0, 0.1) is 0 Å². The van der Waals surface area contributed by atoms with Gasteiger partial charge in [0.15, 0.2) is 4.80 Å². The molecule has 0 spiro atoms. The Balaban J connectivity index is 1.64. The van der Waals surface area contributed by atoms with E-state index in [1.54, 1.807) is 16.4 Å². The van der Waals surface area contributed by atoms with Crippen LogP contribution in [0.5, 0.6) is 0 Å². The molecule has 0 unspecified atom stereocenters. The summed E-state index contributed by atoms with van der Waals surface area (Å²) in [7, 11) is -2.27. The summed E-state index contributed by atoms with van der Waals surface area (Å²) in [5.74, 6) is -0.890. The number of benzene rings is 2. The zero-order valence-corrected chi connectivity index (χ0v) is 21.0. The molecule has 0 aliphatic carbocycles. The monoisotopic (exact) mass is 501 g/mol. The maximum absolute atomic E-state index is 13.0. The van der Waals surface area contributed by atoms with Gasteiger partial charge < -0.3 is 9.30 Å². The number of esters is 1. The van der Waals surface area contributed by atoms with Crippen LogP contribution in [0.2, 0.25) is 0 Å². The number of nitrogens with zero attached hydrogens (tertiary/aromatic N) is 3. The summed E-state index contributed by atoms with van der Waals surface area (Å²) in [6, 6.07) is 11.1. The molecule has 1 aromatic heterocycles. The zero-order chi connectivity index (χ0) is 24.5. The number of rotatable bonds is 5. The molecule has 1 atom stereocenters. The predicted molar refractivity (Wildman–Crippen MR) is 130 cm³/mol. The number of piperidine rings is 1. The van der Waals surface area contributed by atoms with Crippen molar-refractivity contribution in [2.24, 2.45) is 4.99 Å². The number of thiazole rings is 1. The molecule has 180 valence electrons. The molecule has 1 fully saturated rings. The van der Waals surface area contributed by atoms with E-state index >= 15 is 0 Å². The summed E-state index contributed by atoms with van der Waals surface area (Å²) < 4.78 is 35.1. The van der Waals surface area contributed by atoms with Crippen molar-refractivity contribution >= 4 is 43.5 Å². The Morgan fingerprint density at radius 2 is 1.82 bits per heavy atom. The number of ether oxygens (including phenoxy) is 1. The molecular weight excluding hydrogens is 474 g/mol. The first kappa shape index (κ1) is 24.3. The first-order valence-corrected chi connectivity index (χ1v) is 13.4. The molecule has 0 saturated carbocycles. The fourth-order valence-corrected chi connectivity index (χ4v) is 7.03. The van der Waals surface area contributed by atoms with Crippen LogP contribution < -0.4 is 4.80 Å². The standard InChI is InChI=1S/C24H27N3O5S2/c1-4-26-20-13-10-18(23(29)32-3)15-21(20)33-24(26)25-22(28)17-8-11-19(12-9-17)34(30,31)27-14-6-5-7-16(27)2/h8-13,15-16H,4-7,14H2,1-3H3/t16-/m1/s1. The summed E-state index contributed by atoms with van der Waals surface area (Å²) >= 11 is 1.31. The Kier molecular flexibility index (Phi) is 7.01. The van der Waals surface area contributed by atoms with Crippen molar-refractivity contribution < 1.29 is 22.7 Å². The second-order valence-corrected chi connectivity index (χ2v) is 11.1. The molecule has 0 bridgehead atoms. The molecule has 2 heterocycles. The minimum Gasteiger partial charge on any atom is -0.465 e. The summed E-state index contributed by atoms with van der Waals surface area (Å²) in [5, 5.41) is 0. The molecule has 1 amide bonds. The molecule has 1 saturated heterocycles. The highest BCUT2D eigenvalue weighted by atomic mass is 32.2. The summed E-state index contributed by atoms with van der Waals surface area (Å²) in [6.07, 6.45) is 2.73. The van der Waals surface area contributed by atoms with Gasteiger partial charge in [0.05, 0.1) is 27.8 Å². The van der Waals surface area contributed by atoms with E-state index in [9.17, 15) is 18.0 Å². The third-order valence-corrected chi connectivity index (χ3v) is 9.14. The SMILES string of the molecule is CCn1c(=NC(=O)c2ccc(S(=O)(=O)N3CCCC[C@H]3C)cc2)sc2cc(C(=O)OC)ccc21. The number of aryl methyl sites for hydroxylation is 1. The number of carbonyl (C=O) groups is 2. The molecule has 2 aromatic carbocycles. The first-order valence-electron chi connectivity index (χ1n) is 11.2. The Bertz CT molecular complexity index is 1400. The average molecular weight is 502 g/mol. The molecule has 1 aliphatic rings. The van der Waals surface area contributed by atoms with Gasteiger partial charge in [-0.05, 0) is 69.2 Å². The smallest absolute Gasteiger partial charge is 0.337 e. The Hall–Kier alpha value is -2.82. The number of carbonyl (C=O) groups excluding carboxylic acids is 2. The second-order valence-electron chi connectivity index (χ2n) is 8.20. The van der Waals surface area contributed by atoms with Gasteiger partial charge in [-0.3, -0.25) is 4.79 Å². The van der Waals surface area contributed by atoms with Crippen LogP contribution in [0.4, 0.5) is 0 Å². The molecule has 0 N–H and O–H groups in total. The molecule has 8 nitrogen and oxygen atoms in total. The number of fused-ring (bicyclic) bond motifs is 1. The summed E-state index contributed by atoms with van der Waals surface area (Å²) in [6.45, 7) is 4.98. The lowest BCUT2D eigenvalue weighted by molar-refractivity contribution is 0.0600. The van der Waals surface area contributed by atoms with Crippen molar-refractivity contribution in [3.05, 3.63) is 58.4 Å². The van der Waals surface area contributed by atoms with Gasteiger partial charge in [-0.1, -0.05) is 17.8 Å². The van der Waals surface area contributed by atoms with Crippen molar-refractivity contribution in [1.82, 2.24) is 8.87 Å². The highest BCUT2D eigenvalue weighted by molar-refractivity contribution is 7.89. The quantitative estimate of drug-likeness (QED) is 0.495. The molecule has 0 radical (unpaired) electrons. The molecule has 34 heavy (non-hydrogen) atoms. The minimum absolute atomic E-state index is 0.0350. The molecular formula is C24H27N3O5S2. The van der Waals surface area contributed by atoms with Gasteiger partial charge in [0.2, 0.25) is 10.0 Å². The Morgan fingerprint density at radius 1 is 1.12 bits per heavy atom. The normalized spacial score (nSPS) is 17.7. The molecule has 10 heteroatoms. The predicted octanol–water partition coefficient (Wildman–Crippen LogP) is 3.81. The van der Waals surface area contributed by atoms with Crippen molar-refractivity contribution in [2.75, 3.05) is 13.7 Å². The number of amides is 1. The number of sulfonamides is 1. The van der Waals surface area contributed by atoms with Gasteiger partial charge in [-0.25, -0.2) is 13.2 Å². The maximum atomic E-state index is 13.0. The maximum Gasteiger partial charge on any atom is 0.337 e. The largest absolute Gasteiger partial charge is 0.465 e. The van der Waals surface area contributed by atoms with E-state index in [4.69, 9.17) is 4.74 Å². The van der Waals surface area contributed by atoms with Crippen LogP contribution >= 0.6 is 11.3 Å². The van der Waals surface area contributed by atoms with E-state index in [2.05, 4.69) is 4.99 Å². The van der Waals surface area contributed by atoms with E-state index in [1.807, 2.05) is 24.5 Å². The van der Waals surface area contributed by atoms with Gasteiger partial charge in [-0.15, -0.1) is 0 Å². The number of hydrogen-bond acceptors (Lipinski definition) is 6. The third-order valence-electron chi connectivity index (χ3n) is 6.07. The topological polar surface area (TPSA) is 98.0 Å². The van der Waals surface area contributed by atoms with Gasteiger partial charge in [-0.2, -0.15) is 9.30 Å². The van der Waals surface area contributed by atoms with Crippen LogP contribution in [0.3, 0.4) is 0 Å². The first-order chi connectivity index (χ1) is 16.3. The lowest BCUT2D eigenvalue weighted by Gasteiger charge is -2.32. The van der Waals surface area contributed by atoms with Crippen LogP contribution in [0.1, 0.15) is 53.8 Å². The number of hydrogen-bond donors (Lipinski definition) is 0.